The number of carbonyl (C=O) groups is 1. The minimum absolute atomic E-state index is 0.100. The Kier molecular flexibility index (Phi) is 6.80. The molecule has 12 heteroatoms. The molecule has 0 radical (unpaired) electrons. The molecule has 0 spiro atoms. The van der Waals surface area contributed by atoms with Gasteiger partial charge in [0.1, 0.15) is 11.1 Å². The second-order valence-electron chi connectivity index (χ2n) is 7.75. The first kappa shape index (κ1) is 24.0. The number of amides is 1. The fourth-order valence-electron chi connectivity index (χ4n) is 3.31. The third-order valence-electron chi connectivity index (χ3n) is 5.11. The Bertz CT molecular complexity index is 1180. The van der Waals surface area contributed by atoms with Crippen LogP contribution in [0.4, 0.5) is 17.6 Å². The number of hydrogen-bond acceptors (Lipinski definition) is 7. The molecule has 4 rings (SSSR count). The summed E-state index contributed by atoms with van der Waals surface area (Å²) in [5, 5.41) is 3.07. The fraction of sp³-hybridized carbons (Fsp3) is 0.364. The SMILES string of the molecule is Cc1cnc(-c2cc(C(=O)N[C@H](C)c3cnc(C(F)(F)F)nc3)cc(O[C@@H]3CCOC3)c2F)s1. The summed E-state index contributed by atoms with van der Waals surface area (Å²) >= 11 is 1.27. The molecular weight excluding hydrogens is 476 g/mol. The average molecular weight is 496 g/mol. The van der Waals surface area contributed by atoms with E-state index in [0.29, 0.717) is 24.6 Å². The molecule has 2 aromatic heterocycles. The number of aromatic nitrogens is 3. The predicted octanol–water partition coefficient (Wildman–Crippen LogP) is 4.73. The molecule has 1 saturated heterocycles. The van der Waals surface area contributed by atoms with E-state index >= 15 is 4.39 Å². The molecule has 1 aromatic carbocycles. The molecule has 1 amide bonds. The molecule has 1 aliphatic rings. The lowest BCUT2D eigenvalue weighted by Gasteiger charge is -2.17. The third-order valence-corrected chi connectivity index (χ3v) is 6.05. The molecule has 3 aromatic rings. The molecule has 34 heavy (non-hydrogen) atoms. The van der Waals surface area contributed by atoms with Gasteiger partial charge in [0.25, 0.3) is 5.91 Å². The summed E-state index contributed by atoms with van der Waals surface area (Å²) in [5.41, 5.74) is 0.502. The average Bonchev–Trinajstić information content (AvgIpc) is 3.46. The van der Waals surface area contributed by atoms with Gasteiger partial charge in [-0.05, 0) is 26.0 Å². The van der Waals surface area contributed by atoms with E-state index in [9.17, 15) is 18.0 Å². The lowest BCUT2D eigenvalue weighted by atomic mass is 10.1. The minimum atomic E-state index is -4.66. The maximum absolute atomic E-state index is 15.3. The maximum atomic E-state index is 15.3. The van der Waals surface area contributed by atoms with E-state index in [2.05, 4.69) is 20.3 Å². The summed E-state index contributed by atoms with van der Waals surface area (Å²) in [4.78, 5) is 24.7. The number of alkyl halides is 3. The number of carbonyl (C=O) groups excluding carboxylic acids is 1. The van der Waals surface area contributed by atoms with Crippen LogP contribution in [-0.4, -0.2) is 40.2 Å². The fourth-order valence-corrected chi connectivity index (χ4v) is 4.08. The summed E-state index contributed by atoms with van der Waals surface area (Å²) in [6.07, 6.45) is -0.809. The Balaban J connectivity index is 1.60. The van der Waals surface area contributed by atoms with Gasteiger partial charge in [0.05, 0.1) is 24.8 Å². The molecule has 0 unspecified atom stereocenters. The van der Waals surface area contributed by atoms with Crippen LogP contribution in [0.2, 0.25) is 0 Å². The first-order chi connectivity index (χ1) is 16.1. The van der Waals surface area contributed by atoms with Gasteiger partial charge >= 0.3 is 6.18 Å². The Morgan fingerprint density at radius 2 is 1.97 bits per heavy atom. The molecule has 1 N–H and O–H groups in total. The molecule has 2 atom stereocenters. The molecule has 3 heterocycles. The van der Waals surface area contributed by atoms with Crippen molar-refractivity contribution in [2.24, 2.45) is 0 Å². The van der Waals surface area contributed by atoms with Crippen LogP contribution in [0.1, 0.15) is 46.0 Å². The number of hydrogen-bond donors (Lipinski definition) is 1. The van der Waals surface area contributed by atoms with Crippen LogP contribution in [0, 0.1) is 12.7 Å². The maximum Gasteiger partial charge on any atom is 0.451 e. The Hall–Kier alpha value is -3.12. The van der Waals surface area contributed by atoms with Crippen molar-refractivity contribution in [3.63, 3.8) is 0 Å². The second kappa shape index (κ2) is 9.63. The molecule has 0 saturated carbocycles. The highest BCUT2D eigenvalue weighted by atomic mass is 32.1. The van der Waals surface area contributed by atoms with Crippen LogP contribution in [-0.2, 0) is 10.9 Å². The molecular formula is C22H20F4N4O3S. The number of aryl methyl sites for hydroxylation is 1. The summed E-state index contributed by atoms with van der Waals surface area (Å²) in [7, 11) is 0. The van der Waals surface area contributed by atoms with Crippen molar-refractivity contribution in [3.8, 4) is 16.3 Å². The van der Waals surface area contributed by atoms with E-state index in [0.717, 1.165) is 17.3 Å². The van der Waals surface area contributed by atoms with Crippen LogP contribution < -0.4 is 10.1 Å². The lowest BCUT2D eigenvalue weighted by Crippen LogP contribution is -2.27. The number of nitrogens with one attached hydrogen (secondary N) is 1. The van der Waals surface area contributed by atoms with Gasteiger partial charge in [-0.3, -0.25) is 4.79 Å². The van der Waals surface area contributed by atoms with Crippen molar-refractivity contribution >= 4 is 17.2 Å². The van der Waals surface area contributed by atoms with Gasteiger partial charge in [-0.2, -0.15) is 13.2 Å². The van der Waals surface area contributed by atoms with E-state index in [1.807, 2.05) is 6.92 Å². The van der Waals surface area contributed by atoms with Crippen LogP contribution in [0.15, 0.2) is 30.7 Å². The summed E-state index contributed by atoms with van der Waals surface area (Å²) in [6, 6.07) is 1.96. The van der Waals surface area contributed by atoms with Gasteiger partial charge in [-0.1, -0.05) is 0 Å². The first-order valence-electron chi connectivity index (χ1n) is 10.3. The summed E-state index contributed by atoms with van der Waals surface area (Å²) < 4.78 is 64.4. The first-order valence-corrected chi connectivity index (χ1v) is 11.1. The molecule has 1 aliphatic heterocycles. The monoisotopic (exact) mass is 496 g/mol. The molecule has 0 bridgehead atoms. The Morgan fingerprint density at radius 3 is 2.56 bits per heavy atom. The molecule has 180 valence electrons. The number of benzene rings is 1. The largest absolute Gasteiger partial charge is 0.485 e. The summed E-state index contributed by atoms with van der Waals surface area (Å²) in [6.45, 7) is 4.21. The molecule has 0 aliphatic carbocycles. The number of halogens is 4. The van der Waals surface area contributed by atoms with Crippen molar-refractivity contribution in [1.82, 2.24) is 20.3 Å². The number of rotatable bonds is 6. The lowest BCUT2D eigenvalue weighted by molar-refractivity contribution is -0.145. The number of thiazole rings is 1. The van der Waals surface area contributed by atoms with Gasteiger partial charge in [0, 0.05) is 41.0 Å². The van der Waals surface area contributed by atoms with Gasteiger partial charge in [0.2, 0.25) is 5.82 Å². The van der Waals surface area contributed by atoms with Crippen LogP contribution in [0.5, 0.6) is 5.75 Å². The highest BCUT2D eigenvalue weighted by Crippen LogP contribution is 2.34. The van der Waals surface area contributed by atoms with Crippen molar-refractivity contribution in [3.05, 3.63) is 58.4 Å². The van der Waals surface area contributed by atoms with E-state index in [1.165, 1.54) is 23.5 Å². The molecule has 7 nitrogen and oxygen atoms in total. The second-order valence-corrected chi connectivity index (χ2v) is 8.98. The Labute approximate surface area is 196 Å². The molecule has 1 fully saturated rings. The van der Waals surface area contributed by atoms with Gasteiger partial charge < -0.3 is 14.8 Å². The van der Waals surface area contributed by atoms with Gasteiger partial charge in [-0.15, -0.1) is 11.3 Å². The van der Waals surface area contributed by atoms with Crippen molar-refractivity contribution < 1.29 is 31.8 Å². The van der Waals surface area contributed by atoms with Gasteiger partial charge in [-0.25, -0.2) is 19.3 Å². The zero-order valence-corrected chi connectivity index (χ0v) is 19.0. The zero-order chi connectivity index (χ0) is 24.5. The predicted molar refractivity (Wildman–Crippen MR) is 115 cm³/mol. The van der Waals surface area contributed by atoms with E-state index in [1.54, 1.807) is 13.1 Å². The highest BCUT2D eigenvalue weighted by molar-refractivity contribution is 7.14. The quantitative estimate of drug-likeness (QED) is 0.497. The number of nitrogens with zero attached hydrogens (tertiary/aromatic N) is 3. The van der Waals surface area contributed by atoms with E-state index in [-0.39, 0.29) is 28.5 Å². The van der Waals surface area contributed by atoms with E-state index < -0.39 is 29.8 Å². The number of ether oxygens (including phenoxy) is 2. The van der Waals surface area contributed by atoms with E-state index in [4.69, 9.17) is 9.47 Å². The normalized spacial score (nSPS) is 16.9. The zero-order valence-electron chi connectivity index (χ0n) is 18.1. The van der Waals surface area contributed by atoms with Crippen LogP contribution in [0.25, 0.3) is 10.6 Å². The van der Waals surface area contributed by atoms with Crippen LogP contribution in [0.3, 0.4) is 0 Å². The third kappa shape index (κ3) is 5.33. The van der Waals surface area contributed by atoms with Crippen molar-refractivity contribution in [2.75, 3.05) is 13.2 Å². The summed E-state index contributed by atoms with van der Waals surface area (Å²) in [5.74, 6) is -2.58. The highest BCUT2D eigenvalue weighted by Gasteiger charge is 2.34. The van der Waals surface area contributed by atoms with Crippen molar-refractivity contribution in [2.45, 2.75) is 38.6 Å². The topological polar surface area (TPSA) is 86.2 Å². The Morgan fingerprint density at radius 1 is 1.24 bits per heavy atom. The van der Waals surface area contributed by atoms with Crippen LogP contribution >= 0.6 is 11.3 Å². The van der Waals surface area contributed by atoms with Gasteiger partial charge in [0.15, 0.2) is 11.6 Å². The smallest absolute Gasteiger partial charge is 0.451 e. The minimum Gasteiger partial charge on any atom is -0.485 e. The van der Waals surface area contributed by atoms with Crippen molar-refractivity contribution in [1.29, 1.82) is 0 Å². The standard InChI is InChI=1S/C22H20F4N4O3S/c1-11-7-27-20(34-11)16-5-13(6-17(18(16)23)33-15-3-4-32-10-15)19(31)30-12(2)14-8-28-21(29-9-14)22(24,25)26/h5-9,12,15H,3-4,10H2,1-2H3,(H,30,31)/t12-,15-/m1/s1.